The Morgan fingerprint density at radius 1 is 1.00 bits per heavy atom. The number of hydrogen-bond acceptors (Lipinski definition) is 3. The summed E-state index contributed by atoms with van der Waals surface area (Å²) in [5.41, 5.74) is 0. The van der Waals surface area contributed by atoms with Crippen LogP contribution in [-0.4, -0.2) is 61.7 Å². The van der Waals surface area contributed by atoms with Gasteiger partial charge in [-0.2, -0.15) is 0 Å². The average molecular weight is 215 g/mol. The molecule has 0 atom stereocenters. The number of hydroxylamine groups is 6. The van der Waals surface area contributed by atoms with E-state index >= 15 is 0 Å². The summed E-state index contributed by atoms with van der Waals surface area (Å²) >= 11 is 0. The number of quaternary nitrogens is 2. The first-order chi connectivity index (χ1) is 7.02. The molecule has 0 bridgehead atoms. The zero-order valence-electron chi connectivity index (χ0n) is 9.45. The van der Waals surface area contributed by atoms with Gasteiger partial charge >= 0.3 is 0 Å². The number of likely N-dealkylation sites (N-methyl/N-ethyl adjacent to an activating group) is 1. The van der Waals surface area contributed by atoms with Gasteiger partial charge in [0.15, 0.2) is 0 Å². The van der Waals surface area contributed by atoms with Gasteiger partial charge in [-0.3, -0.25) is 0 Å². The fourth-order valence-electron chi connectivity index (χ4n) is 2.63. The molecule has 2 saturated heterocycles. The Morgan fingerprint density at radius 3 is 2.07 bits per heavy atom. The van der Waals surface area contributed by atoms with Gasteiger partial charge in [-0.25, -0.2) is 0 Å². The lowest BCUT2D eigenvalue weighted by Gasteiger charge is -2.56. The van der Waals surface area contributed by atoms with Gasteiger partial charge in [0.25, 0.3) is 0 Å². The van der Waals surface area contributed by atoms with E-state index in [1.54, 1.807) is 7.05 Å². The van der Waals surface area contributed by atoms with E-state index in [-0.39, 0.29) is 15.3 Å². The van der Waals surface area contributed by atoms with Crippen molar-refractivity contribution in [3.8, 4) is 0 Å². The summed E-state index contributed by atoms with van der Waals surface area (Å²) in [5.74, 6) is 0. The van der Waals surface area contributed by atoms with Crippen molar-refractivity contribution in [2.45, 2.75) is 18.9 Å². The molecule has 5 nitrogen and oxygen atoms in total. The highest BCUT2D eigenvalue weighted by atomic mass is 16.6. The third-order valence-corrected chi connectivity index (χ3v) is 3.88. The van der Waals surface area contributed by atoms with E-state index in [2.05, 4.69) is 5.32 Å². The Hall–Kier alpha value is -0.200. The molecule has 0 aliphatic carbocycles. The van der Waals surface area contributed by atoms with Crippen molar-refractivity contribution >= 4 is 0 Å². The fourth-order valence-corrected chi connectivity index (χ4v) is 2.63. The summed E-state index contributed by atoms with van der Waals surface area (Å²) in [7, 11) is 1.67. The van der Waals surface area contributed by atoms with Gasteiger partial charge in [0.05, 0.1) is 13.1 Å². The second-order valence-electron chi connectivity index (χ2n) is 5.12. The molecular formula is C10H21N3O2. The SMILES string of the molecule is C[N+]1([O-])CC[N+]([O-])(C2CCNCC2)CC1. The molecule has 0 aromatic heterocycles. The third kappa shape index (κ3) is 2.49. The van der Waals surface area contributed by atoms with Crippen LogP contribution < -0.4 is 5.32 Å². The predicted molar refractivity (Wildman–Crippen MR) is 58.5 cm³/mol. The van der Waals surface area contributed by atoms with Crippen LogP contribution in [0.3, 0.4) is 0 Å². The van der Waals surface area contributed by atoms with E-state index in [0.29, 0.717) is 26.2 Å². The summed E-state index contributed by atoms with van der Waals surface area (Å²) in [6, 6.07) is 0.228. The maximum Gasteiger partial charge on any atom is 0.129 e. The highest BCUT2D eigenvalue weighted by Gasteiger charge is 2.36. The van der Waals surface area contributed by atoms with Crippen LogP contribution in [-0.2, 0) is 0 Å². The van der Waals surface area contributed by atoms with E-state index in [1.165, 1.54) is 0 Å². The molecule has 2 aliphatic rings. The average Bonchev–Trinajstić information content (AvgIpc) is 2.24. The highest BCUT2D eigenvalue weighted by molar-refractivity contribution is 4.72. The quantitative estimate of drug-likeness (QED) is 0.495. The topological polar surface area (TPSA) is 58.1 Å². The summed E-state index contributed by atoms with van der Waals surface area (Å²) in [5, 5.41) is 27.5. The predicted octanol–water partition coefficient (Wildman–Crippen LogP) is 0.0110. The smallest absolute Gasteiger partial charge is 0.129 e. The van der Waals surface area contributed by atoms with Crippen LogP contribution >= 0.6 is 0 Å². The van der Waals surface area contributed by atoms with Crippen molar-refractivity contribution in [2.75, 3.05) is 46.3 Å². The number of piperidine rings is 1. The second-order valence-corrected chi connectivity index (χ2v) is 5.12. The Bertz CT molecular complexity index is 217. The zero-order chi connectivity index (χ0) is 10.9. The van der Waals surface area contributed by atoms with E-state index in [9.17, 15) is 10.4 Å². The zero-order valence-corrected chi connectivity index (χ0v) is 9.45. The van der Waals surface area contributed by atoms with Crippen LogP contribution in [0.1, 0.15) is 12.8 Å². The molecule has 2 aliphatic heterocycles. The van der Waals surface area contributed by atoms with Gasteiger partial charge < -0.3 is 25.0 Å². The molecule has 0 radical (unpaired) electrons. The van der Waals surface area contributed by atoms with Crippen molar-refractivity contribution < 1.29 is 9.29 Å². The van der Waals surface area contributed by atoms with Crippen molar-refractivity contribution in [3.05, 3.63) is 10.4 Å². The molecule has 15 heavy (non-hydrogen) atoms. The Kier molecular flexibility index (Phi) is 3.00. The molecule has 0 saturated carbocycles. The largest absolute Gasteiger partial charge is 0.633 e. The number of rotatable bonds is 1. The minimum atomic E-state index is -0.229. The standard InChI is InChI=1S/C10H21N3O2/c1-12(14)6-8-13(15,9-7-12)10-2-4-11-5-3-10/h10-11H,2-9H2,1H3. The second kappa shape index (κ2) is 3.99. The molecule has 0 unspecified atom stereocenters. The van der Waals surface area contributed by atoms with E-state index < -0.39 is 0 Å². The fraction of sp³-hybridized carbons (Fsp3) is 1.00. The molecule has 0 aromatic carbocycles. The first-order valence-electron chi connectivity index (χ1n) is 5.86. The molecule has 2 heterocycles. The van der Waals surface area contributed by atoms with Crippen molar-refractivity contribution in [2.24, 2.45) is 0 Å². The first kappa shape index (κ1) is 11.3. The summed E-state index contributed by atoms with van der Waals surface area (Å²) < 4.78 is -0.342. The molecule has 1 N–H and O–H groups in total. The molecular weight excluding hydrogens is 194 g/mol. The highest BCUT2D eigenvalue weighted by Crippen LogP contribution is 2.24. The maximum atomic E-state index is 12.5. The monoisotopic (exact) mass is 215 g/mol. The van der Waals surface area contributed by atoms with Gasteiger partial charge in [0, 0.05) is 25.9 Å². The van der Waals surface area contributed by atoms with Gasteiger partial charge in [-0.05, 0) is 0 Å². The van der Waals surface area contributed by atoms with Gasteiger partial charge in [0.1, 0.15) is 26.2 Å². The lowest BCUT2D eigenvalue weighted by molar-refractivity contribution is -0.993. The molecule has 0 aromatic rings. The third-order valence-electron chi connectivity index (χ3n) is 3.88. The van der Waals surface area contributed by atoms with Gasteiger partial charge in [0.2, 0.25) is 0 Å². The van der Waals surface area contributed by atoms with Crippen LogP contribution in [0.4, 0.5) is 0 Å². The van der Waals surface area contributed by atoms with Crippen LogP contribution in [0, 0.1) is 10.4 Å². The lowest BCUT2D eigenvalue weighted by atomic mass is 10.0. The normalized spacial score (nSPS) is 44.2. The summed E-state index contributed by atoms with van der Waals surface area (Å²) in [4.78, 5) is 0. The maximum absolute atomic E-state index is 12.5. The Balaban J connectivity index is 1.95. The van der Waals surface area contributed by atoms with Gasteiger partial charge in [-0.15, -0.1) is 0 Å². The van der Waals surface area contributed by atoms with Crippen LogP contribution in [0.25, 0.3) is 0 Å². The molecule has 0 spiro atoms. The first-order valence-corrected chi connectivity index (χ1v) is 5.86. The van der Waals surface area contributed by atoms with Crippen molar-refractivity contribution in [1.82, 2.24) is 5.32 Å². The number of nitrogens with one attached hydrogen (secondary N) is 1. The number of hydrogen-bond donors (Lipinski definition) is 1. The summed E-state index contributed by atoms with van der Waals surface area (Å²) in [6.07, 6.45) is 1.93. The van der Waals surface area contributed by atoms with E-state index in [1.807, 2.05) is 0 Å². The number of piperazine rings is 1. The Labute approximate surface area is 91.0 Å². The van der Waals surface area contributed by atoms with Crippen LogP contribution in [0.2, 0.25) is 0 Å². The molecule has 0 amide bonds. The van der Waals surface area contributed by atoms with Crippen LogP contribution in [0.15, 0.2) is 0 Å². The van der Waals surface area contributed by atoms with Gasteiger partial charge in [-0.1, -0.05) is 0 Å². The van der Waals surface area contributed by atoms with Crippen molar-refractivity contribution in [3.63, 3.8) is 0 Å². The van der Waals surface area contributed by atoms with E-state index in [4.69, 9.17) is 0 Å². The lowest BCUT2D eigenvalue weighted by Crippen LogP contribution is -2.65. The molecule has 2 fully saturated rings. The molecule has 88 valence electrons. The van der Waals surface area contributed by atoms with Crippen LogP contribution in [0.5, 0.6) is 0 Å². The van der Waals surface area contributed by atoms with Crippen molar-refractivity contribution in [1.29, 1.82) is 0 Å². The van der Waals surface area contributed by atoms with E-state index in [0.717, 1.165) is 25.9 Å². The Morgan fingerprint density at radius 2 is 1.53 bits per heavy atom. The minimum Gasteiger partial charge on any atom is -0.633 e. The summed E-state index contributed by atoms with van der Waals surface area (Å²) in [6.45, 7) is 3.88. The molecule has 2 rings (SSSR count). The minimum absolute atomic E-state index is 0.113. The molecule has 5 heteroatoms. The number of nitrogens with zero attached hydrogens (tertiary/aromatic N) is 2.